The van der Waals surface area contributed by atoms with Crippen molar-refractivity contribution in [3.8, 4) is 0 Å². The molecule has 3 nitrogen and oxygen atoms in total. The van der Waals surface area contributed by atoms with Crippen LogP contribution < -0.4 is 5.32 Å². The number of carbonyl (C=O) groups is 1. The summed E-state index contributed by atoms with van der Waals surface area (Å²) in [6, 6.07) is 9.41. The summed E-state index contributed by atoms with van der Waals surface area (Å²) in [5, 5.41) is 12.4. The number of aliphatic hydroxyl groups excluding tert-OH is 1. The Morgan fingerprint density at radius 2 is 2.11 bits per heavy atom. The van der Waals surface area contributed by atoms with Gasteiger partial charge < -0.3 is 10.4 Å². The third-order valence-corrected chi connectivity index (χ3v) is 4.14. The lowest BCUT2D eigenvalue weighted by Gasteiger charge is -2.12. The molecule has 0 fully saturated rings. The fraction of sp³-hybridized carbons (Fsp3) is 0.154. The molecule has 0 saturated carbocycles. The highest BCUT2D eigenvalue weighted by Gasteiger charge is 2.14. The summed E-state index contributed by atoms with van der Waals surface area (Å²) in [5.41, 5.74) is 0.176. The standard InChI is InChI=1S/C13H11BrFNO2S/c14-12-6-5-11(19-12)13(18)16-7-10(17)8-3-1-2-4-9(8)15/h1-6,10,17H,7H2,(H,16,18). The van der Waals surface area contributed by atoms with Crippen LogP contribution in [0.15, 0.2) is 40.2 Å². The second-order valence-corrected chi connectivity index (χ2v) is 6.31. The Morgan fingerprint density at radius 1 is 1.37 bits per heavy atom. The predicted octanol–water partition coefficient (Wildman–Crippen LogP) is 3.11. The van der Waals surface area contributed by atoms with Crippen LogP contribution in [0.5, 0.6) is 0 Å². The van der Waals surface area contributed by atoms with Crippen LogP contribution >= 0.6 is 27.3 Å². The normalized spacial score (nSPS) is 12.2. The van der Waals surface area contributed by atoms with Crippen molar-refractivity contribution in [3.05, 3.63) is 56.4 Å². The van der Waals surface area contributed by atoms with Crippen molar-refractivity contribution >= 4 is 33.2 Å². The lowest BCUT2D eigenvalue weighted by Crippen LogP contribution is -2.28. The highest BCUT2D eigenvalue weighted by atomic mass is 79.9. The first-order valence-corrected chi connectivity index (χ1v) is 7.15. The Kier molecular flexibility index (Phi) is 4.68. The van der Waals surface area contributed by atoms with Crippen LogP contribution in [0.4, 0.5) is 4.39 Å². The van der Waals surface area contributed by atoms with Gasteiger partial charge in [-0.1, -0.05) is 18.2 Å². The van der Waals surface area contributed by atoms with Crippen LogP contribution in [0, 0.1) is 5.82 Å². The summed E-state index contributed by atoms with van der Waals surface area (Å²) < 4.78 is 14.3. The summed E-state index contributed by atoms with van der Waals surface area (Å²) >= 11 is 4.56. The minimum absolute atomic E-state index is 0.0325. The van der Waals surface area contributed by atoms with Gasteiger partial charge in [-0.25, -0.2) is 4.39 Å². The molecule has 2 rings (SSSR count). The van der Waals surface area contributed by atoms with Crippen LogP contribution in [0.25, 0.3) is 0 Å². The first kappa shape index (κ1) is 14.2. The number of aliphatic hydroxyl groups is 1. The van der Waals surface area contributed by atoms with Gasteiger partial charge in [0.15, 0.2) is 0 Å². The van der Waals surface area contributed by atoms with Crippen LogP contribution in [0.2, 0.25) is 0 Å². The van der Waals surface area contributed by atoms with E-state index in [2.05, 4.69) is 21.2 Å². The van der Waals surface area contributed by atoms with Crippen molar-refractivity contribution in [1.82, 2.24) is 5.32 Å². The van der Waals surface area contributed by atoms with Gasteiger partial charge in [0.1, 0.15) is 5.82 Å². The lowest BCUT2D eigenvalue weighted by atomic mass is 10.1. The number of carbonyl (C=O) groups excluding carboxylic acids is 1. The maximum Gasteiger partial charge on any atom is 0.261 e. The first-order chi connectivity index (χ1) is 9.08. The zero-order chi connectivity index (χ0) is 13.8. The Balaban J connectivity index is 1.96. The SMILES string of the molecule is O=C(NCC(O)c1ccccc1F)c1ccc(Br)s1. The minimum Gasteiger partial charge on any atom is -0.386 e. The van der Waals surface area contributed by atoms with Gasteiger partial charge in [0, 0.05) is 12.1 Å². The van der Waals surface area contributed by atoms with Gasteiger partial charge in [0.2, 0.25) is 0 Å². The van der Waals surface area contributed by atoms with Crippen LogP contribution in [-0.4, -0.2) is 17.6 Å². The largest absolute Gasteiger partial charge is 0.386 e. The van der Waals surface area contributed by atoms with Gasteiger partial charge in [-0.15, -0.1) is 11.3 Å². The zero-order valence-electron chi connectivity index (χ0n) is 9.77. The number of thiophene rings is 1. The van der Waals surface area contributed by atoms with E-state index in [1.54, 1.807) is 24.3 Å². The predicted molar refractivity (Wildman–Crippen MR) is 75.7 cm³/mol. The fourth-order valence-corrected chi connectivity index (χ4v) is 2.87. The summed E-state index contributed by atoms with van der Waals surface area (Å²) in [7, 11) is 0. The van der Waals surface area contributed by atoms with Gasteiger partial charge in [-0.3, -0.25) is 4.79 Å². The molecule has 1 atom stereocenters. The van der Waals surface area contributed by atoms with E-state index in [1.807, 2.05) is 0 Å². The molecule has 0 aliphatic rings. The van der Waals surface area contributed by atoms with E-state index in [1.165, 1.54) is 23.5 Å². The number of benzene rings is 1. The molecular formula is C13H11BrFNO2S. The van der Waals surface area contributed by atoms with Gasteiger partial charge in [0.25, 0.3) is 5.91 Å². The molecular weight excluding hydrogens is 333 g/mol. The summed E-state index contributed by atoms with van der Waals surface area (Å²) in [5.74, 6) is -0.769. The van der Waals surface area contributed by atoms with Crippen molar-refractivity contribution in [2.24, 2.45) is 0 Å². The van der Waals surface area contributed by atoms with Crippen molar-refractivity contribution in [1.29, 1.82) is 0 Å². The van der Waals surface area contributed by atoms with Crippen molar-refractivity contribution in [2.45, 2.75) is 6.10 Å². The maximum atomic E-state index is 13.4. The zero-order valence-corrected chi connectivity index (χ0v) is 12.2. The van der Waals surface area contributed by atoms with E-state index in [0.29, 0.717) is 4.88 Å². The monoisotopic (exact) mass is 343 g/mol. The Morgan fingerprint density at radius 3 is 2.74 bits per heavy atom. The van der Waals surface area contributed by atoms with Gasteiger partial charge >= 0.3 is 0 Å². The molecule has 0 bridgehead atoms. The van der Waals surface area contributed by atoms with Gasteiger partial charge in [0.05, 0.1) is 14.8 Å². The van der Waals surface area contributed by atoms with E-state index >= 15 is 0 Å². The minimum atomic E-state index is -1.06. The van der Waals surface area contributed by atoms with Crippen molar-refractivity contribution in [3.63, 3.8) is 0 Å². The number of nitrogens with one attached hydrogen (secondary N) is 1. The van der Waals surface area contributed by atoms with Crippen molar-refractivity contribution < 1.29 is 14.3 Å². The highest BCUT2D eigenvalue weighted by molar-refractivity contribution is 9.11. The Hall–Kier alpha value is -1.24. The smallest absolute Gasteiger partial charge is 0.261 e. The van der Waals surface area contributed by atoms with E-state index in [-0.39, 0.29) is 18.0 Å². The third-order valence-electron chi connectivity index (χ3n) is 2.52. The molecule has 1 aromatic heterocycles. The molecule has 1 unspecified atom stereocenters. The highest BCUT2D eigenvalue weighted by Crippen LogP contribution is 2.22. The summed E-state index contributed by atoms with van der Waals surface area (Å²) in [6.07, 6.45) is -1.06. The summed E-state index contributed by atoms with van der Waals surface area (Å²) in [6.45, 7) is -0.0325. The molecule has 0 radical (unpaired) electrons. The molecule has 0 aliphatic heterocycles. The number of halogens is 2. The molecule has 2 aromatic rings. The molecule has 100 valence electrons. The number of amides is 1. The number of hydrogen-bond acceptors (Lipinski definition) is 3. The molecule has 1 amide bonds. The Bertz CT molecular complexity index is 588. The van der Waals surface area contributed by atoms with E-state index in [4.69, 9.17) is 0 Å². The van der Waals surface area contributed by atoms with Crippen molar-refractivity contribution in [2.75, 3.05) is 6.54 Å². The molecule has 6 heteroatoms. The van der Waals surface area contributed by atoms with E-state index < -0.39 is 11.9 Å². The average Bonchev–Trinajstić information content (AvgIpc) is 2.83. The van der Waals surface area contributed by atoms with Crippen LogP contribution in [0.3, 0.4) is 0 Å². The van der Waals surface area contributed by atoms with Gasteiger partial charge in [-0.2, -0.15) is 0 Å². The van der Waals surface area contributed by atoms with Crippen LogP contribution in [0.1, 0.15) is 21.3 Å². The Labute approximate surface area is 122 Å². The molecule has 1 heterocycles. The number of rotatable bonds is 4. The quantitative estimate of drug-likeness (QED) is 0.895. The number of hydrogen-bond donors (Lipinski definition) is 2. The van der Waals surface area contributed by atoms with Crippen LogP contribution in [-0.2, 0) is 0 Å². The fourth-order valence-electron chi connectivity index (χ4n) is 1.57. The third kappa shape index (κ3) is 3.62. The molecule has 0 saturated heterocycles. The second kappa shape index (κ2) is 6.27. The lowest BCUT2D eigenvalue weighted by molar-refractivity contribution is 0.0918. The molecule has 2 N–H and O–H groups in total. The molecule has 1 aromatic carbocycles. The molecule has 19 heavy (non-hydrogen) atoms. The summed E-state index contributed by atoms with van der Waals surface area (Å²) in [4.78, 5) is 12.3. The molecule has 0 aliphatic carbocycles. The topological polar surface area (TPSA) is 49.3 Å². The molecule has 0 spiro atoms. The van der Waals surface area contributed by atoms with Gasteiger partial charge in [-0.05, 0) is 34.1 Å². The van der Waals surface area contributed by atoms with E-state index in [0.717, 1.165) is 3.79 Å². The average molecular weight is 344 g/mol. The first-order valence-electron chi connectivity index (χ1n) is 5.54. The second-order valence-electron chi connectivity index (χ2n) is 3.85. The maximum absolute atomic E-state index is 13.4. The van der Waals surface area contributed by atoms with E-state index in [9.17, 15) is 14.3 Å².